The molecule has 1 N–H and O–H groups in total. The van der Waals surface area contributed by atoms with E-state index in [1.54, 1.807) is 7.11 Å². The zero-order chi connectivity index (χ0) is 12.4. The molecule has 1 aromatic carbocycles. The molecule has 0 amide bonds. The topological polar surface area (TPSA) is 24.5 Å². The number of benzene rings is 1. The first kappa shape index (κ1) is 12.0. The van der Waals surface area contributed by atoms with Crippen LogP contribution in [0.15, 0.2) is 24.3 Å². The van der Waals surface area contributed by atoms with Gasteiger partial charge in [-0.15, -0.1) is 0 Å². The summed E-state index contributed by atoms with van der Waals surface area (Å²) in [4.78, 5) is 2.59. The molecule has 2 fully saturated rings. The third kappa shape index (κ3) is 2.25. The van der Waals surface area contributed by atoms with E-state index in [0.29, 0.717) is 5.41 Å². The van der Waals surface area contributed by atoms with E-state index in [4.69, 9.17) is 4.74 Å². The molecular weight excluding hydrogens is 224 g/mol. The number of methoxy groups -OCH3 is 1. The Morgan fingerprint density at radius 1 is 1.22 bits per heavy atom. The Morgan fingerprint density at radius 3 is 2.61 bits per heavy atom. The van der Waals surface area contributed by atoms with E-state index in [1.807, 2.05) is 0 Å². The summed E-state index contributed by atoms with van der Waals surface area (Å²) >= 11 is 0. The van der Waals surface area contributed by atoms with E-state index in [1.165, 1.54) is 38.0 Å². The van der Waals surface area contributed by atoms with Gasteiger partial charge in [-0.2, -0.15) is 0 Å². The summed E-state index contributed by atoms with van der Waals surface area (Å²) in [5.74, 6) is 1.06. The van der Waals surface area contributed by atoms with E-state index in [2.05, 4.69) is 34.5 Å². The predicted octanol–water partition coefficient (Wildman–Crippen LogP) is 1.63. The second kappa shape index (κ2) is 4.90. The molecule has 0 spiro atoms. The van der Waals surface area contributed by atoms with Crippen molar-refractivity contribution in [3.05, 3.63) is 29.8 Å². The SMILES string of the molecule is COc1ccccc1C1(CN2CCNCC2)CC1. The lowest BCUT2D eigenvalue weighted by atomic mass is 9.94. The number of ether oxygens (including phenoxy) is 1. The van der Waals surface area contributed by atoms with Gasteiger partial charge in [0.25, 0.3) is 0 Å². The van der Waals surface area contributed by atoms with Gasteiger partial charge in [-0.25, -0.2) is 0 Å². The molecule has 98 valence electrons. The summed E-state index contributed by atoms with van der Waals surface area (Å²) in [6.45, 7) is 5.80. The van der Waals surface area contributed by atoms with Crippen molar-refractivity contribution in [2.45, 2.75) is 18.3 Å². The Hall–Kier alpha value is -1.06. The average Bonchev–Trinajstić information content (AvgIpc) is 3.20. The minimum Gasteiger partial charge on any atom is -0.496 e. The van der Waals surface area contributed by atoms with Crippen LogP contribution in [0.3, 0.4) is 0 Å². The minimum absolute atomic E-state index is 0.365. The average molecular weight is 246 g/mol. The predicted molar refractivity (Wildman–Crippen MR) is 73.2 cm³/mol. The van der Waals surface area contributed by atoms with Gasteiger partial charge in [0, 0.05) is 43.7 Å². The molecule has 0 radical (unpaired) electrons. The summed E-state index contributed by atoms with van der Waals surface area (Å²) in [5.41, 5.74) is 1.77. The summed E-state index contributed by atoms with van der Waals surface area (Å²) in [6.07, 6.45) is 2.61. The van der Waals surface area contributed by atoms with Gasteiger partial charge in [-0.1, -0.05) is 18.2 Å². The van der Waals surface area contributed by atoms with Crippen LogP contribution in [0.4, 0.5) is 0 Å². The van der Waals surface area contributed by atoms with Gasteiger partial charge < -0.3 is 10.1 Å². The van der Waals surface area contributed by atoms with Crippen LogP contribution >= 0.6 is 0 Å². The number of para-hydroxylation sites is 1. The molecule has 1 saturated carbocycles. The molecular formula is C15H22N2O. The molecule has 1 aliphatic carbocycles. The highest BCUT2D eigenvalue weighted by atomic mass is 16.5. The van der Waals surface area contributed by atoms with Crippen LogP contribution < -0.4 is 10.1 Å². The zero-order valence-corrected chi connectivity index (χ0v) is 11.1. The van der Waals surface area contributed by atoms with Crippen LogP contribution in [0.2, 0.25) is 0 Å². The number of nitrogens with zero attached hydrogens (tertiary/aromatic N) is 1. The summed E-state index contributed by atoms with van der Waals surface area (Å²) in [7, 11) is 1.78. The lowest BCUT2D eigenvalue weighted by Crippen LogP contribution is -2.46. The number of nitrogens with one attached hydrogen (secondary N) is 1. The van der Waals surface area contributed by atoms with Crippen molar-refractivity contribution in [3.63, 3.8) is 0 Å². The molecule has 0 bridgehead atoms. The zero-order valence-electron chi connectivity index (χ0n) is 11.1. The normalized spacial score (nSPS) is 22.7. The van der Waals surface area contributed by atoms with Gasteiger partial charge in [0.1, 0.15) is 5.75 Å². The number of hydrogen-bond acceptors (Lipinski definition) is 3. The van der Waals surface area contributed by atoms with Crippen molar-refractivity contribution in [2.75, 3.05) is 39.8 Å². The molecule has 2 aliphatic rings. The van der Waals surface area contributed by atoms with Crippen LogP contribution in [-0.4, -0.2) is 44.7 Å². The lowest BCUT2D eigenvalue weighted by Gasteiger charge is -2.31. The van der Waals surface area contributed by atoms with Gasteiger partial charge in [0.05, 0.1) is 7.11 Å². The lowest BCUT2D eigenvalue weighted by molar-refractivity contribution is 0.219. The van der Waals surface area contributed by atoms with E-state index in [-0.39, 0.29) is 0 Å². The van der Waals surface area contributed by atoms with Gasteiger partial charge in [-0.05, 0) is 18.9 Å². The first-order valence-electron chi connectivity index (χ1n) is 6.91. The van der Waals surface area contributed by atoms with Gasteiger partial charge in [0.2, 0.25) is 0 Å². The molecule has 0 unspecified atom stereocenters. The van der Waals surface area contributed by atoms with Crippen molar-refractivity contribution in [1.29, 1.82) is 0 Å². The standard InChI is InChI=1S/C15H22N2O/c1-18-14-5-3-2-4-13(14)15(6-7-15)12-17-10-8-16-9-11-17/h2-5,16H,6-12H2,1H3. The van der Waals surface area contributed by atoms with Gasteiger partial charge >= 0.3 is 0 Å². The second-order valence-electron chi connectivity index (χ2n) is 5.51. The Labute approximate surface area is 109 Å². The van der Waals surface area contributed by atoms with Crippen LogP contribution in [0, 0.1) is 0 Å². The van der Waals surface area contributed by atoms with Crippen molar-refractivity contribution in [3.8, 4) is 5.75 Å². The molecule has 1 heterocycles. The van der Waals surface area contributed by atoms with E-state index >= 15 is 0 Å². The Morgan fingerprint density at radius 2 is 1.94 bits per heavy atom. The highest BCUT2D eigenvalue weighted by molar-refractivity contribution is 5.43. The highest BCUT2D eigenvalue weighted by Crippen LogP contribution is 2.51. The highest BCUT2D eigenvalue weighted by Gasteiger charge is 2.47. The molecule has 1 aromatic rings. The number of hydrogen-bond donors (Lipinski definition) is 1. The maximum Gasteiger partial charge on any atom is 0.122 e. The Bertz CT molecular complexity index is 409. The molecule has 18 heavy (non-hydrogen) atoms. The third-order valence-electron chi connectivity index (χ3n) is 4.27. The van der Waals surface area contributed by atoms with Crippen molar-refractivity contribution in [2.24, 2.45) is 0 Å². The third-order valence-corrected chi connectivity index (χ3v) is 4.27. The van der Waals surface area contributed by atoms with E-state index in [0.717, 1.165) is 18.8 Å². The minimum atomic E-state index is 0.365. The Kier molecular flexibility index (Phi) is 3.27. The molecule has 0 atom stereocenters. The molecule has 0 aromatic heterocycles. The van der Waals surface area contributed by atoms with E-state index in [9.17, 15) is 0 Å². The van der Waals surface area contributed by atoms with Crippen molar-refractivity contribution < 1.29 is 4.74 Å². The fourth-order valence-corrected chi connectivity index (χ4v) is 3.04. The number of piperazine rings is 1. The van der Waals surface area contributed by atoms with Gasteiger partial charge in [0.15, 0.2) is 0 Å². The van der Waals surface area contributed by atoms with Crippen molar-refractivity contribution in [1.82, 2.24) is 10.2 Å². The quantitative estimate of drug-likeness (QED) is 0.874. The maximum atomic E-state index is 5.53. The summed E-state index contributed by atoms with van der Waals surface area (Å²) < 4.78 is 5.53. The maximum absolute atomic E-state index is 5.53. The van der Waals surface area contributed by atoms with E-state index < -0.39 is 0 Å². The molecule has 1 saturated heterocycles. The smallest absolute Gasteiger partial charge is 0.122 e. The summed E-state index contributed by atoms with van der Waals surface area (Å²) in [6, 6.07) is 8.53. The second-order valence-corrected chi connectivity index (χ2v) is 5.51. The first-order valence-corrected chi connectivity index (χ1v) is 6.91. The molecule has 3 nitrogen and oxygen atoms in total. The molecule has 1 aliphatic heterocycles. The van der Waals surface area contributed by atoms with Crippen LogP contribution in [0.5, 0.6) is 5.75 Å². The summed E-state index contributed by atoms with van der Waals surface area (Å²) in [5, 5.41) is 3.42. The fourth-order valence-electron chi connectivity index (χ4n) is 3.04. The monoisotopic (exact) mass is 246 g/mol. The molecule has 3 rings (SSSR count). The molecule has 3 heteroatoms. The first-order chi connectivity index (χ1) is 8.84. The Balaban J connectivity index is 1.77. The fraction of sp³-hybridized carbons (Fsp3) is 0.600. The number of rotatable bonds is 4. The van der Waals surface area contributed by atoms with Crippen LogP contribution in [0.25, 0.3) is 0 Å². The van der Waals surface area contributed by atoms with Crippen LogP contribution in [0.1, 0.15) is 18.4 Å². The largest absolute Gasteiger partial charge is 0.496 e. The van der Waals surface area contributed by atoms with Gasteiger partial charge in [-0.3, -0.25) is 4.90 Å². The van der Waals surface area contributed by atoms with Crippen molar-refractivity contribution >= 4 is 0 Å². The van der Waals surface area contributed by atoms with Crippen LogP contribution in [-0.2, 0) is 5.41 Å².